The predicted molar refractivity (Wildman–Crippen MR) is 103 cm³/mol. The highest BCUT2D eigenvalue weighted by atomic mass is 35.5. The second-order valence-electron chi connectivity index (χ2n) is 5.91. The average molecular weight is 375 g/mol. The van der Waals surface area contributed by atoms with Crippen molar-refractivity contribution in [2.24, 2.45) is 0 Å². The van der Waals surface area contributed by atoms with Crippen LogP contribution in [0.15, 0.2) is 48.5 Å². The van der Waals surface area contributed by atoms with Gasteiger partial charge in [-0.1, -0.05) is 35.9 Å². The molecular formula is C19H19ClN2O2S. The van der Waals surface area contributed by atoms with Gasteiger partial charge in [-0.2, -0.15) is 0 Å². The van der Waals surface area contributed by atoms with Crippen molar-refractivity contribution < 1.29 is 9.59 Å². The number of amides is 2. The Balaban J connectivity index is 1.39. The van der Waals surface area contributed by atoms with Gasteiger partial charge in [-0.3, -0.25) is 9.59 Å². The van der Waals surface area contributed by atoms with Crippen molar-refractivity contribution in [1.82, 2.24) is 5.32 Å². The Labute approximate surface area is 156 Å². The Morgan fingerprint density at radius 1 is 1.04 bits per heavy atom. The number of fused-ring (bicyclic) bond motifs is 1. The molecule has 3 rings (SSSR count). The van der Waals surface area contributed by atoms with Crippen LogP contribution >= 0.6 is 23.4 Å². The molecule has 1 aliphatic carbocycles. The number of halogens is 1. The lowest BCUT2D eigenvalue weighted by Gasteiger charge is -2.14. The lowest BCUT2D eigenvalue weighted by atomic mass is 10.1. The monoisotopic (exact) mass is 374 g/mol. The molecule has 0 unspecified atom stereocenters. The minimum absolute atomic E-state index is 0.0361. The molecule has 0 fully saturated rings. The van der Waals surface area contributed by atoms with Crippen LogP contribution in [-0.4, -0.2) is 23.3 Å². The quantitative estimate of drug-likeness (QED) is 0.808. The molecular weight excluding hydrogens is 356 g/mol. The Morgan fingerprint density at radius 2 is 1.76 bits per heavy atom. The van der Waals surface area contributed by atoms with Crippen molar-refractivity contribution >= 4 is 40.9 Å². The topological polar surface area (TPSA) is 58.2 Å². The normalized spacial score (nSPS) is 15.5. The van der Waals surface area contributed by atoms with Crippen LogP contribution in [0.3, 0.4) is 0 Å². The van der Waals surface area contributed by atoms with Gasteiger partial charge < -0.3 is 10.6 Å². The summed E-state index contributed by atoms with van der Waals surface area (Å²) in [6, 6.07) is 15.2. The number of thioether (sulfide) groups is 1. The van der Waals surface area contributed by atoms with E-state index in [1.54, 1.807) is 24.3 Å². The minimum atomic E-state index is -0.133. The SMILES string of the molecule is O=C(CSCC(=O)N[C@@H]1CCc2ccccc21)Nc1ccc(Cl)cc1. The largest absolute Gasteiger partial charge is 0.349 e. The summed E-state index contributed by atoms with van der Waals surface area (Å²) in [4.78, 5) is 24.0. The van der Waals surface area contributed by atoms with Crippen molar-refractivity contribution in [3.8, 4) is 0 Å². The minimum Gasteiger partial charge on any atom is -0.349 e. The Hall–Kier alpha value is -1.98. The summed E-state index contributed by atoms with van der Waals surface area (Å²) >= 11 is 7.11. The molecule has 0 spiro atoms. The fourth-order valence-electron chi connectivity index (χ4n) is 2.91. The van der Waals surface area contributed by atoms with E-state index in [1.165, 1.54) is 22.9 Å². The summed E-state index contributed by atoms with van der Waals surface area (Å²) < 4.78 is 0. The smallest absolute Gasteiger partial charge is 0.234 e. The first kappa shape index (κ1) is 17.8. The van der Waals surface area contributed by atoms with Gasteiger partial charge in [0.1, 0.15) is 0 Å². The molecule has 25 heavy (non-hydrogen) atoms. The average Bonchev–Trinajstić information content (AvgIpc) is 3.00. The van der Waals surface area contributed by atoms with Crippen molar-refractivity contribution in [2.45, 2.75) is 18.9 Å². The first-order valence-corrected chi connectivity index (χ1v) is 9.65. The molecule has 2 amide bonds. The van der Waals surface area contributed by atoms with Gasteiger partial charge >= 0.3 is 0 Å². The fourth-order valence-corrected chi connectivity index (χ4v) is 3.66. The van der Waals surface area contributed by atoms with Crippen LogP contribution in [0.25, 0.3) is 0 Å². The highest BCUT2D eigenvalue weighted by molar-refractivity contribution is 8.00. The molecule has 0 aromatic heterocycles. The highest BCUT2D eigenvalue weighted by Crippen LogP contribution is 2.30. The zero-order valence-electron chi connectivity index (χ0n) is 13.6. The Bertz CT molecular complexity index is 764. The predicted octanol–water partition coefficient (Wildman–Crippen LogP) is 3.82. The zero-order chi connectivity index (χ0) is 17.6. The number of hydrogen-bond donors (Lipinski definition) is 2. The number of carbonyl (C=O) groups excluding carboxylic acids is 2. The lowest BCUT2D eigenvalue weighted by molar-refractivity contribution is -0.119. The third kappa shape index (κ3) is 5.00. The highest BCUT2D eigenvalue weighted by Gasteiger charge is 2.23. The maximum atomic E-state index is 12.1. The molecule has 1 aliphatic rings. The van der Waals surface area contributed by atoms with Crippen molar-refractivity contribution in [3.63, 3.8) is 0 Å². The summed E-state index contributed by atoms with van der Waals surface area (Å²) in [5.74, 6) is 0.335. The van der Waals surface area contributed by atoms with Gasteiger partial charge in [0.25, 0.3) is 0 Å². The number of rotatable bonds is 6. The van der Waals surface area contributed by atoms with E-state index in [9.17, 15) is 9.59 Å². The third-order valence-electron chi connectivity index (χ3n) is 4.06. The molecule has 0 bridgehead atoms. The van der Waals surface area contributed by atoms with Gasteiger partial charge in [-0.05, 0) is 48.2 Å². The Kier molecular flexibility index (Phi) is 6.00. The number of carbonyl (C=O) groups is 2. The molecule has 0 saturated heterocycles. The number of benzene rings is 2. The Morgan fingerprint density at radius 3 is 2.56 bits per heavy atom. The van der Waals surface area contributed by atoms with Gasteiger partial charge in [-0.15, -0.1) is 11.8 Å². The fraction of sp³-hybridized carbons (Fsp3) is 0.263. The maximum Gasteiger partial charge on any atom is 0.234 e. The molecule has 4 nitrogen and oxygen atoms in total. The van der Waals surface area contributed by atoms with Crippen LogP contribution in [0.1, 0.15) is 23.6 Å². The van der Waals surface area contributed by atoms with Crippen LogP contribution in [0, 0.1) is 0 Å². The van der Waals surface area contributed by atoms with E-state index in [-0.39, 0.29) is 29.4 Å². The van der Waals surface area contributed by atoms with Crippen molar-refractivity contribution in [3.05, 3.63) is 64.7 Å². The van der Waals surface area contributed by atoms with Crippen LogP contribution in [0.4, 0.5) is 5.69 Å². The van der Waals surface area contributed by atoms with Crippen molar-refractivity contribution in [2.75, 3.05) is 16.8 Å². The van der Waals surface area contributed by atoms with Crippen molar-refractivity contribution in [1.29, 1.82) is 0 Å². The molecule has 2 N–H and O–H groups in total. The number of nitrogens with one attached hydrogen (secondary N) is 2. The molecule has 6 heteroatoms. The van der Waals surface area contributed by atoms with Crippen LogP contribution in [0.2, 0.25) is 5.02 Å². The number of aryl methyl sites for hydroxylation is 1. The summed E-state index contributed by atoms with van der Waals surface area (Å²) in [5.41, 5.74) is 3.21. The third-order valence-corrected chi connectivity index (χ3v) is 5.25. The molecule has 0 aliphatic heterocycles. The van der Waals surface area contributed by atoms with E-state index in [0.29, 0.717) is 10.7 Å². The number of hydrogen-bond acceptors (Lipinski definition) is 3. The molecule has 0 radical (unpaired) electrons. The molecule has 0 heterocycles. The van der Waals surface area contributed by atoms with Gasteiger partial charge in [0.15, 0.2) is 0 Å². The molecule has 2 aromatic carbocycles. The van der Waals surface area contributed by atoms with E-state index < -0.39 is 0 Å². The van der Waals surface area contributed by atoms with E-state index in [2.05, 4.69) is 22.8 Å². The van der Waals surface area contributed by atoms with E-state index in [4.69, 9.17) is 11.6 Å². The summed E-state index contributed by atoms with van der Waals surface area (Å²) in [6.45, 7) is 0. The standard InChI is InChI=1S/C19H19ClN2O2S/c20-14-6-8-15(9-7-14)21-18(23)11-25-12-19(24)22-17-10-5-13-3-1-2-4-16(13)17/h1-4,6-9,17H,5,10-12H2,(H,21,23)(H,22,24)/t17-/m1/s1. The van der Waals surface area contributed by atoms with Gasteiger partial charge in [0.05, 0.1) is 17.5 Å². The zero-order valence-corrected chi connectivity index (χ0v) is 15.2. The molecule has 0 saturated carbocycles. The molecule has 1 atom stereocenters. The summed E-state index contributed by atoms with van der Waals surface area (Å²) in [6.07, 6.45) is 1.94. The van der Waals surface area contributed by atoms with Gasteiger partial charge in [-0.25, -0.2) is 0 Å². The summed E-state index contributed by atoms with van der Waals surface area (Å²) in [7, 11) is 0. The lowest BCUT2D eigenvalue weighted by Crippen LogP contribution is -2.29. The maximum absolute atomic E-state index is 12.1. The molecule has 2 aromatic rings. The van der Waals surface area contributed by atoms with Crippen LogP contribution in [-0.2, 0) is 16.0 Å². The first-order valence-electron chi connectivity index (χ1n) is 8.12. The molecule has 130 valence electrons. The van der Waals surface area contributed by atoms with Gasteiger partial charge in [0, 0.05) is 10.7 Å². The van der Waals surface area contributed by atoms with Gasteiger partial charge in [0.2, 0.25) is 11.8 Å². The second-order valence-corrected chi connectivity index (χ2v) is 7.33. The van der Waals surface area contributed by atoms with E-state index >= 15 is 0 Å². The van der Waals surface area contributed by atoms with E-state index in [1.807, 2.05) is 12.1 Å². The summed E-state index contributed by atoms with van der Waals surface area (Å²) in [5, 5.41) is 6.46. The van der Waals surface area contributed by atoms with E-state index in [0.717, 1.165) is 12.8 Å². The van der Waals surface area contributed by atoms with Crippen LogP contribution in [0.5, 0.6) is 0 Å². The van der Waals surface area contributed by atoms with Crippen LogP contribution < -0.4 is 10.6 Å². The number of anilines is 1. The first-order chi connectivity index (χ1) is 12.1. The second kappa shape index (κ2) is 8.41.